The van der Waals surface area contributed by atoms with Crippen molar-refractivity contribution in [2.75, 3.05) is 6.61 Å². The summed E-state index contributed by atoms with van der Waals surface area (Å²) in [6, 6.07) is 7.31. The van der Waals surface area contributed by atoms with Crippen LogP contribution in [-0.2, 0) is 11.2 Å². The Hall–Kier alpha value is -2.63. The Labute approximate surface area is 122 Å². The van der Waals surface area contributed by atoms with Crippen molar-refractivity contribution in [3.63, 3.8) is 0 Å². The van der Waals surface area contributed by atoms with Crippen LogP contribution >= 0.6 is 0 Å². The summed E-state index contributed by atoms with van der Waals surface area (Å²) >= 11 is 0. The number of nitrogens with zero attached hydrogens (tertiary/aromatic N) is 2. The summed E-state index contributed by atoms with van der Waals surface area (Å²) in [5.74, 6) is 0.338. The van der Waals surface area contributed by atoms with E-state index in [-0.39, 0.29) is 17.9 Å². The second kappa shape index (κ2) is 6.69. The zero-order chi connectivity index (χ0) is 15.2. The molecular weight excluding hydrogens is 272 g/mol. The van der Waals surface area contributed by atoms with Crippen LogP contribution in [0.3, 0.4) is 0 Å². The number of carboxylic acid groups (broad SMARTS) is 1. The number of ether oxygens (including phenoxy) is 1. The monoisotopic (exact) mass is 288 g/mol. The molecule has 0 spiro atoms. The Bertz CT molecular complexity index is 631. The number of benzene rings is 1. The molecule has 6 nitrogen and oxygen atoms in total. The Morgan fingerprint density at radius 1 is 1.38 bits per heavy atom. The summed E-state index contributed by atoms with van der Waals surface area (Å²) in [4.78, 5) is 14.9. The highest BCUT2D eigenvalue weighted by Crippen LogP contribution is 2.20. The number of hydrogen-bond acceptors (Lipinski definition) is 5. The van der Waals surface area contributed by atoms with Crippen LogP contribution < -0.4 is 4.74 Å². The molecule has 0 radical (unpaired) electrons. The molecule has 0 saturated heterocycles. The number of hydrogen-bond donors (Lipinski definition) is 1. The fourth-order valence-corrected chi connectivity index (χ4v) is 1.62. The van der Waals surface area contributed by atoms with Crippen LogP contribution in [-0.4, -0.2) is 27.8 Å². The van der Waals surface area contributed by atoms with Gasteiger partial charge in [-0.1, -0.05) is 18.7 Å². The molecule has 1 N–H and O–H groups in total. The number of aliphatic carboxylic acids is 1. The van der Waals surface area contributed by atoms with Crippen molar-refractivity contribution in [3.05, 3.63) is 42.3 Å². The van der Waals surface area contributed by atoms with Crippen LogP contribution in [0.4, 0.5) is 0 Å². The Kier molecular flexibility index (Phi) is 4.71. The van der Waals surface area contributed by atoms with Crippen molar-refractivity contribution in [2.24, 2.45) is 0 Å². The molecule has 1 aromatic heterocycles. The second-order valence-electron chi connectivity index (χ2n) is 4.47. The normalized spacial score (nSPS) is 10.3. The highest BCUT2D eigenvalue weighted by Gasteiger charge is 2.13. The molecule has 0 bridgehead atoms. The summed E-state index contributed by atoms with van der Waals surface area (Å²) in [5, 5.41) is 12.6. The fourth-order valence-electron chi connectivity index (χ4n) is 1.62. The first-order valence-corrected chi connectivity index (χ1v) is 6.57. The molecule has 0 fully saturated rings. The molecule has 1 heterocycles. The molecule has 1 aromatic carbocycles. The largest absolute Gasteiger partial charge is 0.494 e. The standard InChI is InChI=1S/C15H16N2O4/c1-3-8-20-12-6-4-11(5-7-12)14-16-13(21-17-14)9-10(2)15(18)19/h4-7H,2-3,8-9H2,1H3,(H,18,19). The molecule has 0 amide bonds. The van der Waals surface area contributed by atoms with Gasteiger partial charge in [0.15, 0.2) is 0 Å². The molecule has 0 unspecified atom stereocenters. The van der Waals surface area contributed by atoms with E-state index in [9.17, 15) is 4.79 Å². The molecule has 0 aliphatic rings. The van der Waals surface area contributed by atoms with E-state index < -0.39 is 5.97 Å². The minimum Gasteiger partial charge on any atom is -0.494 e. The summed E-state index contributed by atoms with van der Waals surface area (Å²) in [7, 11) is 0. The zero-order valence-electron chi connectivity index (χ0n) is 11.7. The number of carboxylic acids is 1. The predicted molar refractivity (Wildman–Crippen MR) is 76.0 cm³/mol. The molecular formula is C15H16N2O4. The van der Waals surface area contributed by atoms with E-state index in [1.165, 1.54) is 0 Å². The minimum atomic E-state index is -1.08. The first kappa shape index (κ1) is 14.8. The number of aromatic nitrogens is 2. The van der Waals surface area contributed by atoms with Gasteiger partial charge in [0.1, 0.15) is 5.75 Å². The van der Waals surface area contributed by atoms with E-state index in [4.69, 9.17) is 14.4 Å². The van der Waals surface area contributed by atoms with Gasteiger partial charge >= 0.3 is 5.97 Å². The smallest absolute Gasteiger partial charge is 0.331 e. The third kappa shape index (κ3) is 3.92. The highest BCUT2D eigenvalue weighted by atomic mass is 16.5. The molecule has 0 atom stereocenters. The van der Waals surface area contributed by atoms with Crippen LogP contribution in [0.5, 0.6) is 5.75 Å². The van der Waals surface area contributed by atoms with Gasteiger partial charge < -0.3 is 14.4 Å². The van der Waals surface area contributed by atoms with Gasteiger partial charge in [-0.25, -0.2) is 4.79 Å². The molecule has 0 aliphatic carbocycles. The van der Waals surface area contributed by atoms with Gasteiger partial charge in [0.05, 0.1) is 13.0 Å². The van der Waals surface area contributed by atoms with E-state index in [1.807, 2.05) is 31.2 Å². The van der Waals surface area contributed by atoms with Crippen molar-refractivity contribution in [2.45, 2.75) is 19.8 Å². The van der Waals surface area contributed by atoms with Gasteiger partial charge in [0.2, 0.25) is 11.7 Å². The van der Waals surface area contributed by atoms with Crippen LogP contribution in [0.25, 0.3) is 11.4 Å². The summed E-state index contributed by atoms with van der Waals surface area (Å²) in [6.45, 7) is 6.14. The summed E-state index contributed by atoms with van der Waals surface area (Å²) in [5.41, 5.74) is 0.781. The first-order chi connectivity index (χ1) is 10.1. The minimum absolute atomic E-state index is 0.00788. The quantitative estimate of drug-likeness (QED) is 0.788. The molecule has 0 saturated carbocycles. The van der Waals surface area contributed by atoms with Gasteiger partial charge in [-0.05, 0) is 30.7 Å². The van der Waals surface area contributed by atoms with Gasteiger partial charge in [0.25, 0.3) is 0 Å². The van der Waals surface area contributed by atoms with E-state index in [0.717, 1.165) is 17.7 Å². The Balaban J connectivity index is 2.07. The highest BCUT2D eigenvalue weighted by molar-refractivity contribution is 5.86. The molecule has 21 heavy (non-hydrogen) atoms. The molecule has 2 rings (SSSR count). The van der Waals surface area contributed by atoms with Gasteiger partial charge in [0, 0.05) is 11.1 Å². The lowest BCUT2D eigenvalue weighted by molar-refractivity contribution is -0.132. The number of rotatable bonds is 7. The molecule has 0 aliphatic heterocycles. The Morgan fingerprint density at radius 2 is 2.10 bits per heavy atom. The van der Waals surface area contributed by atoms with E-state index in [2.05, 4.69) is 16.7 Å². The van der Waals surface area contributed by atoms with Gasteiger partial charge in [-0.3, -0.25) is 0 Å². The van der Waals surface area contributed by atoms with Crippen molar-refractivity contribution in [1.29, 1.82) is 0 Å². The topological polar surface area (TPSA) is 85.5 Å². The van der Waals surface area contributed by atoms with Gasteiger partial charge in [-0.2, -0.15) is 4.98 Å². The van der Waals surface area contributed by atoms with Crippen LogP contribution in [0.2, 0.25) is 0 Å². The Morgan fingerprint density at radius 3 is 2.71 bits per heavy atom. The third-order valence-electron chi connectivity index (χ3n) is 2.72. The molecule has 2 aromatic rings. The second-order valence-corrected chi connectivity index (χ2v) is 4.47. The van der Waals surface area contributed by atoms with Crippen molar-refractivity contribution >= 4 is 5.97 Å². The third-order valence-corrected chi connectivity index (χ3v) is 2.72. The van der Waals surface area contributed by atoms with Crippen LogP contribution in [0.15, 0.2) is 40.9 Å². The van der Waals surface area contributed by atoms with E-state index >= 15 is 0 Å². The van der Waals surface area contributed by atoms with Crippen LogP contribution in [0.1, 0.15) is 19.2 Å². The summed E-state index contributed by atoms with van der Waals surface area (Å²) in [6.07, 6.45) is 0.976. The zero-order valence-corrected chi connectivity index (χ0v) is 11.7. The van der Waals surface area contributed by atoms with Gasteiger partial charge in [-0.15, -0.1) is 0 Å². The predicted octanol–water partition coefficient (Wildman–Crippen LogP) is 2.71. The lowest BCUT2D eigenvalue weighted by atomic mass is 10.2. The SMILES string of the molecule is C=C(Cc1nc(-c2ccc(OCCC)cc2)no1)C(=O)O. The van der Waals surface area contributed by atoms with Crippen molar-refractivity contribution in [3.8, 4) is 17.1 Å². The van der Waals surface area contributed by atoms with E-state index in [1.54, 1.807) is 0 Å². The van der Waals surface area contributed by atoms with E-state index in [0.29, 0.717) is 12.4 Å². The maximum Gasteiger partial charge on any atom is 0.331 e. The molecule has 6 heteroatoms. The molecule has 110 valence electrons. The lowest BCUT2D eigenvalue weighted by Gasteiger charge is -2.03. The number of carbonyl (C=O) groups is 1. The van der Waals surface area contributed by atoms with Crippen LogP contribution in [0, 0.1) is 0 Å². The first-order valence-electron chi connectivity index (χ1n) is 6.57. The van der Waals surface area contributed by atoms with Crippen molar-refractivity contribution < 1.29 is 19.2 Å². The maximum absolute atomic E-state index is 10.7. The van der Waals surface area contributed by atoms with Crippen molar-refractivity contribution in [1.82, 2.24) is 10.1 Å². The lowest BCUT2D eigenvalue weighted by Crippen LogP contribution is -2.02. The maximum atomic E-state index is 10.7. The average Bonchev–Trinajstić information content (AvgIpc) is 2.94. The summed E-state index contributed by atoms with van der Waals surface area (Å²) < 4.78 is 10.5. The average molecular weight is 288 g/mol. The fraction of sp³-hybridized carbons (Fsp3) is 0.267.